The summed E-state index contributed by atoms with van der Waals surface area (Å²) in [5.41, 5.74) is 4.94. The zero-order valence-electron chi connectivity index (χ0n) is 25.7. The monoisotopic (exact) mass is 615 g/mol. The molecule has 1 amide bonds. The molecule has 44 heavy (non-hydrogen) atoms. The van der Waals surface area contributed by atoms with Crippen LogP contribution in [-0.4, -0.2) is 91.8 Å². The smallest absolute Gasteiger partial charge is 0.349 e. The number of para-hydroxylation sites is 1. The van der Waals surface area contributed by atoms with Gasteiger partial charge in [-0.2, -0.15) is 10.1 Å². The number of fused-ring (bicyclic) bond motifs is 1. The lowest BCUT2D eigenvalue weighted by molar-refractivity contribution is -0.128. The van der Waals surface area contributed by atoms with Gasteiger partial charge in [0.1, 0.15) is 12.0 Å². The topological polar surface area (TPSA) is 79.5 Å². The van der Waals surface area contributed by atoms with Crippen molar-refractivity contribution >= 4 is 45.3 Å². The fourth-order valence-corrected chi connectivity index (χ4v) is 8.81. The number of carbonyl (C=O) groups is 1. The first-order valence-corrected chi connectivity index (χ1v) is 16.3. The molecule has 2 unspecified atom stereocenters. The van der Waals surface area contributed by atoms with E-state index in [1.165, 1.54) is 6.08 Å². The van der Waals surface area contributed by atoms with Crippen LogP contribution < -0.4 is 10.6 Å². The van der Waals surface area contributed by atoms with E-state index in [1.807, 2.05) is 34.3 Å². The number of rotatable bonds is 5. The van der Waals surface area contributed by atoms with Crippen LogP contribution in [0, 0.1) is 6.92 Å². The van der Waals surface area contributed by atoms with E-state index in [0.29, 0.717) is 50.7 Å². The summed E-state index contributed by atoms with van der Waals surface area (Å²) in [5, 5.41) is 6.53. The van der Waals surface area contributed by atoms with E-state index in [1.54, 1.807) is 11.8 Å². The maximum absolute atomic E-state index is 14.2. The summed E-state index contributed by atoms with van der Waals surface area (Å²) in [6.45, 7) is 12.7. The third kappa shape index (κ3) is 4.63. The van der Waals surface area contributed by atoms with Crippen molar-refractivity contribution in [1.29, 1.82) is 0 Å². The van der Waals surface area contributed by atoms with Crippen LogP contribution in [0.4, 0.5) is 10.2 Å². The minimum Gasteiger partial charge on any atom is -0.349 e. The number of aromatic nitrogens is 4. The van der Waals surface area contributed by atoms with Gasteiger partial charge in [0.2, 0.25) is 5.91 Å². The van der Waals surface area contributed by atoms with E-state index < -0.39 is 6.17 Å². The average molecular weight is 616 g/mol. The van der Waals surface area contributed by atoms with Crippen LogP contribution in [0.2, 0.25) is 0 Å². The number of likely N-dealkylation sites (tertiary alicyclic amines) is 1. The molecule has 0 N–H and O–H groups in total. The van der Waals surface area contributed by atoms with Gasteiger partial charge in [-0.3, -0.25) is 18.9 Å². The predicted molar refractivity (Wildman–Crippen MR) is 174 cm³/mol. The molecule has 0 saturated carbocycles. The van der Waals surface area contributed by atoms with Crippen molar-refractivity contribution in [3.8, 4) is 11.1 Å². The fourth-order valence-electron chi connectivity index (χ4n) is 7.44. The zero-order valence-corrected chi connectivity index (χ0v) is 26.5. The van der Waals surface area contributed by atoms with E-state index in [0.717, 1.165) is 43.4 Å². The summed E-state index contributed by atoms with van der Waals surface area (Å²) in [7, 11) is 1.96. The van der Waals surface area contributed by atoms with Gasteiger partial charge in [0, 0.05) is 84.4 Å². The first-order valence-electron chi connectivity index (χ1n) is 15.4. The number of halogens is 1. The van der Waals surface area contributed by atoms with Crippen molar-refractivity contribution in [3.05, 3.63) is 59.2 Å². The van der Waals surface area contributed by atoms with E-state index >= 15 is 0 Å². The molecular weight excluding hydrogens is 577 g/mol. The summed E-state index contributed by atoms with van der Waals surface area (Å²) in [5.74, 6) is 1.27. The highest BCUT2D eigenvalue weighted by Crippen LogP contribution is 2.47. The maximum Gasteiger partial charge on any atom is 0.350 e. The van der Waals surface area contributed by atoms with Crippen molar-refractivity contribution in [2.45, 2.75) is 56.4 Å². The molecule has 7 rings (SSSR count). The summed E-state index contributed by atoms with van der Waals surface area (Å²) in [6.07, 6.45) is 2.96. The number of piperazine rings is 1. The largest absolute Gasteiger partial charge is 0.350 e. The Morgan fingerprint density at radius 2 is 2.00 bits per heavy atom. The van der Waals surface area contributed by atoms with Crippen molar-refractivity contribution < 1.29 is 9.18 Å². The average Bonchev–Trinajstić information content (AvgIpc) is 3.60. The van der Waals surface area contributed by atoms with E-state index in [4.69, 9.17) is 4.98 Å². The third-order valence-corrected chi connectivity index (χ3v) is 10.8. The molecule has 9 nitrogen and oxygen atoms in total. The van der Waals surface area contributed by atoms with Gasteiger partial charge in [0.25, 0.3) is 0 Å². The molecule has 2 saturated heterocycles. The maximum atomic E-state index is 14.2. The van der Waals surface area contributed by atoms with Crippen LogP contribution in [-0.2, 0) is 11.8 Å². The number of hydrogen-bond acceptors (Lipinski definition) is 7. The highest BCUT2D eigenvalue weighted by atomic mass is 32.2. The molecule has 2 fully saturated rings. The molecule has 0 bridgehead atoms. The molecular formula is C33H38FN7O2S. The van der Waals surface area contributed by atoms with E-state index in [-0.39, 0.29) is 29.7 Å². The van der Waals surface area contributed by atoms with Gasteiger partial charge in [-0.15, -0.1) is 11.8 Å². The van der Waals surface area contributed by atoms with E-state index in [2.05, 4.69) is 59.6 Å². The lowest BCUT2D eigenvalue weighted by Gasteiger charge is -2.45. The van der Waals surface area contributed by atoms with Gasteiger partial charge in [-0.25, -0.2) is 9.18 Å². The number of alkyl halides is 1. The molecule has 3 aliphatic heterocycles. The highest BCUT2D eigenvalue weighted by molar-refractivity contribution is 7.99. The zero-order chi connectivity index (χ0) is 30.9. The Bertz CT molecular complexity index is 1870. The summed E-state index contributed by atoms with van der Waals surface area (Å²) in [4.78, 5) is 38.7. The van der Waals surface area contributed by atoms with Crippen molar-refractivity contribution in [3.63, 3.8) is 0 Å². The van der Waals surface area contributed by atoms with E-state index in [9.17, 15) is 14.0 Å². The lowest BCUT2D eigenvalue weighted by atomic mass is 9.95. The van der Waals surface area contributed by atoms with Gasteiger partial charge >= 0.3 is 5.69 Å². The van der Waals surface area contributed by atoms with Crippen LogP contribution in [0.1, 0.15) is 31.9 Å². The molecule has 3 aliphatic rings. The minimum absolute atomic E-state index is 0.0508. The molecule has 5 heterocycles. The number of benzene rings is 2. The molecule has 0 spiro atoms. The fraction of sp³-hybridized carbons (Fsp3) is 0.455. The molecule has 230 valence electrons. The molecule has 11 heteroatoms. The van der Waals surface area contributed by atoms with Gasteiger partial charge in [-0.1, -0.05) is 24.8 Å². The predicted octanol–water partition coefficient (Wildman–Crippen LogP) is 4.56. The third-order valence-electron chi connectivity index (χ3n) is 9.56. The summed E-state index contributed by atoms with van der Waals surface area (Å²) < 4.78 is 17.9. The highest BCUT2D eigenvalue weighted by Gasteiger charge is 2.36. The number of carbonyl (C=O) groups excluding carboxylic acids is 1. The van der Waals surface area contributed by atoms with Crippen molar-refractivity contribution in [2.75, 3.05) is 43.4 Å². The Hall–Kier alpha value is -3.70. The number of hydrogen-bond donors (Lipinski definition) is 0. The van der Waals surface area contributed by atoms with Crippen LogP contribution in [0.3, 0.4) is 0 Å². The SMILES string of the molecule is C=CC(=O)N1C[C@H](C)N(c2nc(=O)n3c4c(c(-c5cccc6cnn(C)c56)c(C)cc24)SCC3CN2CCC(F)C2)C[C@H]1C. The first-order chi connectivity index (χ1) is 21.2. The summed E-state index contributed by atoms with van der Waals surface area (Å²) >= 11 is 1.78. The number of anilines is 1. The number of amides is 1. The number of aryl methyl sites for hydroxylation is 2. The number of nitrogens with zero attached hydrogens (tertiary/aromatic N) is 7. The Kier molecular flexibility index (Phi) is 7.28. The van der Waals surface area contributed by atoms with Crippen molar-refractivity contribution in [2.24, 2.45) is 7.05 Å². The van der Waals surface area contributed by atoms with Crippen LogP contribution in [0.5, 0.6) is 0 Å². The second kappa shape index (κ2) is 11.0. The molecule has 0 radical (unpaired) electrons. The van der Waals surface area contributed by atoms with Gasteiger partial charge in [-0.05, 0) is 44.9 Å². The normalized spacial score (nSPS) is 24.0. The van der Waals surface area contributed by atoms with Gasteiger partial charge in [0.05, 0.1) is 23.3 Å². The second-order valence-electron chi connectivity index (χ2n) is 12.5. The number of thioether (sulfide) groups is 1. The second-order valence-corrected chi connectivity index (χ2v) is 13.6. The van der Waals surface area contributed by atoms with Gasteiger partial charge in [0.15, 0.2) is 0 Å². The molecule has 2 aromatic heterocycles. The summed E-state index contributed by atoms with van der Waals surface area (Å²) in [6, 6.07) is 8.19. The van der Waals surface area contributed by atoms with Crippen molar-refractivity contribution in [1.82, 2.24) is 29.1 Å². The van der Waals surface area contributed by atoms with Gasteiger partial charge < -0.3 is 9.80 Å². The Morgan fingerprint density at radius 1 is 1.18 bits per heavy atom. The quantitative estimate of drug-likeness (QED) is 0.305. The molecule has 0 aliphatic carbocycles. The molecule has 2 aromatic carbocycles. The molecule has 4 aromatic rings. The Labute approximate surface area is 260 Å². The van der Waals surface area contributed by atoms with Crippen LogP contribution in [0.25, 0.3) is 32.9 Å². The standard InChI is InChI=1S/C33H38FN7O2S/c1-6-27(42)39-14-21(4)40(15-20(39)3)32-26-12-19(2)28(25-9-7-8-22-13-35-37(5)29(22)25)31-30(26)41(33(43)36-32)24(18-44-31)17-38-11-10-23(34)16-38/h6-9,12-13,20-21,23-24H,1,10-11,14-18H2,2-5H3/t20-,21+,23?,24?/m1/s1. The Balaban J connectivity index is 1.44. The Morgan fingerprint density at radius 3 is 2.75 bits per heavy atom. The minimum atomic E-state index is -0.820. The van der Waals surface area contributed by atoms with Crippen LogP contribution in [0.15, 0.2) is 52.8 Å². The van der Waals surface area contributed by atoms with Crippen LogP contribution >= 0.6 is 11.8 Å². The first kappa shape index (κ1) is 29.0. The lowest BCUT2D eigenvalue weighted by Crippen LogP contribution is -2.58. The molecule has 4 atom stereocenters.